The summed E-state index contributed by atoms with van der Waals surface area (Å²) in [5.74, 6) is -0.308. The maximum Gasteiger partial charge on any atom is 0.338 e. The fourth-order valence-corrected chi connectivity index (χ4v) is 1.69. The highest BCUT2D eigenvalue weighted by Gasteiger charge is 2.31. The second-order valence-corrected chi connectivity index (χ2v) is 4.30. The molecule has 1 heterocycles. The summed E-state index contributed by atoms with van der Waals surface area (Å²) in [5, 5.41) is 9.65. The fraction of sp³-hybridized carbons (Fsp3) is 0.615. The summed E-state index contributed by atoms with van der Waals surface area (Å²) < 4.78 is 5.06. The van der Waals surface area contributed by atoms with Crippen molar-refractivity contribution < 1.29 is 14.6 Å². The van der Waals surface area contributed by atoms with E-state index in [4.69, 9.17) is 4.74 Å². The highest BCUT2D eigenvalue weighted by atomic mass is 16.6. The zero-order valence-electron chi connectivity index (χ0n) is 10.2. The van der Waals surface area contributed by atoms with Crippen LogP contribution in [0.15, 0.2) is 23.0 Å². The number of hydrogen-bond acceptors (Lipinski definition) is 3. The van der Waals surface area contributed by atoms with Crippen LogP contribution in [-0.4, -0.2) is 17.2 Å². The van der Waals surface area contributed by atoms with E-state index in [9.17, 15) is 9.90 Å². The van der Waals surface area contributed by atoms with Crippen molar-refractivity contribution in [3.8, 4) is 0 Å². The Balaban J connectivity index is 2.50. The quantitative estimate of drug-likeness (QED) is 0.443. The van der Waals surface area contributed by atoms with Gasteiger partial charge in [0.1, 0.15) is 5.76 Å². The molecule has 0 radical (unpaired) electrons. The van der Waals surface area contributed by atoms with Gasteiger partial charge in [0.2, 0.25) is 0 Å². The van der Waals surface area contributed by atoms with E-state index < -0.39 is 12.1 Å². The van der Waals surface area contributed by atoms with E-state index in [0.717, 1.165) is 12.0 Å². The van der Waals surface area contributed by atoms with Gasteiger partial charge in [0.25, 0.3) is 0 Å². The molecule has 0 bridgehead atoms. The summed E-state index contributed by atoms with van der Waals surface area (Å²) >= 11 is 0. The molecular formula is C13H20O3. The zero-order chi connectivity index (χ0) is 12.1. The number of cyclic esters (lactones) is 1. The van der Waals surface area contributed by atoms with E-state index in [1.165, 1.54) is 12.8 Å². The molecular weight excluding hydrogens is 204 g/mol. The van der Waals surface area contributed by atoms with E-state index in [0.29, 0.717) is 12.0 Å². The van der Waals surface area contributed by atoms with E-state index in [1.807, 2.05) is 6.92 Å². The molecule has 0 aromatic heterocycles. The van der Waals surface area contributed by atoms with Crippen molar-refractivity contribution in [3.05, 3.63) is 23.0 Å². The molecule has 1 unspecified atom stereocenters. The lowest BCUT2D eigenvalue weighted by Crippen LogP contribution is -2.11. The first-order valence-corrected chi connectivity index (χ1v) is 5.82. The molecule has 0 saturated carbocycles. The smallest absolute Gasteiger partial charge is 0.338 e. The van der Waals surface area contributed by atoms with Gasteiger partial charge in [-0.2, -0.15) is 0 Å². The lowest BCUT2D eigenvalue weighted by Gasteiger charge is -2.10. The Morgan fingerprint density at radius 3 is 2.75 bits per heavy atom. The third-order valence-corrected chi connectivity index (χ3v) is 2.80. The Labute approximate surface area is 96.8 Å². The van der Waals surface area contributed by atoms with Gasteiger partial charge in [-0.25, -0.2) is 4.79 Å². The molecule has 1 atom stereocenters. The van der Waals surface area contributed by atoms with Crippen LogP contribution in [0.3, 0.4) is 0 Å². The highest BCUT2D eigenvalue weighted by molar-refractivity contribution is 5.91. The van der Waals surface area contributed by atoms with Gasteiger partial charge in [0, 0.05) is 6.42 Å². The summed E-state index contributed by atoms with van der Waals surface area (Å²) in [5.41, 5.74) is 1.50. The van der Waals surface area contributed by atoms with Crippen LogP contribution in [0.25, 0.3) is 0 Å². The first-order chi connectivity index (χ1) is 7.56. The summed E-state index contributed by atoms with van der Waals surface area (Å²) in [7, 11) is 0. The Hall–Kier alpha value is -1.25. The molecule has 1 rings (SSSR count). The van der Waals surface area contributed by atoms with Crippen LogP contribution in [0, 0.1) is 0 Å². The highest BCUT2D eigenvalue weighted by Crippen LogP contribution is 2.25. The average molecular weight is 224 g/mol. The summed E-state index contributed by atoms with van der Waals surface area (Å²) in [4.78, 5) is 11.2. The Morgan fingerprint density at radius 2 is 2.25 bits per heavy atom. The molecule has 0 saturated heterocycles. The van der Waals surface area contributed by atoms with Crippen LogP contribution in [0.2, 0.25) is 0 Å². The number of aliphatic hydroxyl groups excluding tert-OH is 1. The van der Waals surface area contributed by atoms with Gasteiger partial charge in [-0.3, -0.25) is 0 Å². The van der Waals surface area contributed by atoms with Gasteiger partial charge in [-0.15, -0.1) is 0 Å². The summed E-state index contributed by atoms with van der Waals surface area (Å²) in [6, 6.07) is 0. The zero-order valence-corrected chi connectivity index (χ0v) is 10.2. The maximum absolute atomic E-state index is 11.2. The number of ether oxygens (including phenoxy) is 1. The minimum atomic E-state index is -0.467. The van der Waals surface area contributed by atoms with Crippen LogP contribution in [-0.2, 0) is 9.53 Å². The molecule has 0 amide bonds. The Bertz CT molecular complexity index is 326. The topological polar surface area (TPSA) is 46.5 Å². The van der Waals surface area contributed by atoms with E-state index in [-0.39, 0.29) is 5.76 Å². The van der Waals surface area contributed by atoms with Gasteiger partial charge in [0.05, 0.1) is 5.57 Å². The van der Waals surface area contributed by atoms with Crippen LogP contribution >= 0.6 is 0 Å². The molecule has 0 aromatic rings. The number of rotatable bonds is 5. The van der Waals surface area contributed by atoms with E-state index in [2.05, 4.69) is 13.0 Å². The largest absolute Gasteiger partial charge is 0.508 e. The van der Waals surface area contributed by atoms with Crippen molar-refractivity contribution in [1.29, 1.82) is 0 Å². The van der Waals surface area contributed by atoms with Crippen molar-refractivity contribution in [3.63, 3.8) is 0 Å². The summed E-state index contributed by atoms with van der Waals surface area (Å²) in [6.45, 7) is 5.75. The number of hydrogen-bond donors (Lipinski definition) is 1. The Kier molecular flexibility index (Phi) is 4.59. The molecule has 1 N–H and O–H groups in total. The first kappa shape index (κ1) is 12.8. The molecule has 3 nitrogen and oxygen atoms in total. The van der Waals surface area contributed by atoms with E-state index in [1.54, 1.807) is 6.92 Å². The predicted molar refractivity (Wildman–Crippen MR) is 63.1 cm³/mol. The molecule has 0 aromatic carbocycles. The number of carbonyl (C=O) groups excluding carboxylic acids is 1. The van der Waals surface area contributed by atoms with E-state index >= 15 is 0 Å². The molecule has 0 fully saturated rings. The molecule has 0 aliphatic carbocycles. The second kappa shape index (κ2) is 5.73. The number of carbonyl (C=O) groups is 1. The van der Waals surface area contributed by atoms with Crippen LogP contribution < -0.4 is 0 Å². The van der Waals surface area contributed by atoms with Crippen LogP contribution in [0.4, 0.5) is 0 Å². The average Bonchev–Trinajstić information content (AvgIpc) is 2.47. The van der Waals surface area contributed by atoms with Gasteiger partial charge < -0.3 is 9.84 Å². The number of allylic oxidation sites excluding steroid dienone is 1. The third-order valence-electron chi connectivity index (χ3n) is 2.80. The third kappa shape index (κ3) is 3.12. The first-order valence-electron chi connectivity index (χ1n) is 5.82. The monoisotopic (exact) mass is 224 g/mol. The van der Waals surface area contributed by atoms with Gasteiger partial charge in [0.15, 0.2) is 6.10 Å². The number of esters is 1. The predicted octanol–water partition coefficient (Wildman–Crippen LogP) is 3.27. The van der Waals surface area contributed by atoms with Crippen molar-refractivity contribution >= 4 is 5.97 Å². The molecule has 16 heavy (non-hydrogen) atoms. The number of aliphatic hydroxyl groups is 1. The second-order valence-electron chi connectivity index (χ2n) is 4.30. The minimum absolute atomic E-state index is 0.0910. The number of unbranched alkanes of at least 4 members (excludes halogenated alkanes) is 2. The standard InChI is InChI=1S/C13H20O3/c1-4-5-6-7-9(2)8-11-12(14)10(3)13(15)16-11/h7,11,14H,4-6,8H2,1-3H3/b9-7+. The van der Waals surface area contributed by atoms with Crippen LogP contribution in [0.5, 0.6) is 0 Å². The minimum Gasteiger partial charge on any atom is -0.508 e. The normalized spacial score (nSPS) is 21.6. The van der Waals surface area contributed by atoms with Gasteiger partial charge >= 0.3 is 5.97 Å². The van der Waals surface area contributed by atoms with Gasteiger partial charge in [-0.05, 0) is 20.3 Å². The molecule has 3 heteroatoms. The summed E-state index contributed by atoms with van der Waals surface area (Å²) in [6.07, 6.45) is 5.67. The lowest BCUT2D eigenvalue weighted by molar-refractivity contribution is -0.140. The molecule has 1 aliphatic rings. The maximum atomic E-state index is 11.2. The van der Waals surface area contributed by atoms with Crippen molar-refractivity contribution in [2.24, 2.45) is 0 Å². The van der Waals surface area contributed by atoms with Gasteiger partial charge in [-0.1, -0.05) is 31.4 Å². The van der Waals surface area contributed by atoms with Crippen molar-refractivity contribution in [2.75, 3.05) is 0 Å². The molecule has 1 aliphatic heterocycles. The molecule has 90 valence electrons. The Morgan fingerprint density at radius 1 is 1.56 bits per heavy atom. The lowest BCUT2D eigenvalue weighted by atomic mass is 10.1. The van der Waals surface area contributed by atoms with Crippen LogP contribution in [0.1, 0.15) is 46.5 Å². The molecule has 0 spiro atoms. The van der Waals surface area contributed by atoms with Crippen molar-refractivity contribution in [2.45, 2.75) is 52.6 Å². The fourth-order valence-electron chi connectivity index (χ4n) is 1.69. The SMILES string of the molecule is CCCC/C=C(\C)CC1OC(=O)C(C)=C1O. The van der Waals surface area contributed by atoms with Crippen molar-refractivity contribution in [1.82, 2.24) is 0 Å².